The van der Waals surface area contributed by atoms with Gasteiger partial charge in [0.1, 0.15) is 5.75 Å². The van der Waals surface area contributed by atoms with E-state index in [2.05, 4.69) is 14.7 Å². The highest BCUT2D eigenvalue weighted by Gasteiger charge is 2.18. The number of ether oxygens (including phenoxy) is 1. The van der Waals surface area contributed by atoms with Gasteiger partial charge in [0.05, 0.1) is 5.56 Å². The van der Waals surface area contributed by atoms with Crippen molar-refractivity contribution in [1.29, 1.82) is 0 Å². The van der Waals surface area contributed by atoms with E-state index in [1.165, 1.54) is 0 Å². The lowest BCUT2D eigenvalue weighted by Gasteiger charge is -2.10. The zero-order chi connectivity index (χ0) is 16.4. The van der Waals surface area contributed by atoms with Crippen LogP contribution >= 0.6 is 0 Å². The second-order valence-corrected chi connectivity index (χ2v) is 4.80. The molecule has 1 heterocycles. The van der Waals surface area contributed by atoms with Gasteiger partial charge in [-0.25, -0.2) is 4.79 Å². The van der Waals surface area contributed by atoms with Crippen LogP contribution in [0.5, 0.6) is 17.2 Å². The molecular weight excluding hydrogens is 300 g/mol. The molecule has 0 saturated heterocycles. The van der Waals surface area contributed by atoms with Gasteiger partial charge in [-0.2, -0.15) is 4.98 Å². The van der Waals surface area contributed by atoms with E-state index in [1.807, 2.05) is 6.92 Å². The van der Waals surface area contributed by atoms with Gasteiger partial charge in [0.25, 0.3) is 0 Å². The van der Waals surface area contributed by atoms with E-state index < -0.39 is 11.9 Å². The molecule has 0 radical (unpaired) electrons. The fourth-order valence-corrected chi connectivity index (χ4v) is 1.99. The van der Waals surface area contributed by atoms with Gasteiger partial charge in [0.15, 0.2) is 11.5 Å². The summed E-state index contributed by atoms with van der Waals surface area (Å²) in [4.78, 5) is 14.6. The summed E-state index contributed by atoms with van der Waals surface area (Å²) < 4.78 is 10.4. The minimum Gasteiger partial charge on any atom is -0.504 e. The van der Waals surface area contributed by atoms with Crippen molar-refractivity contribution in [3.8, 4) is 28.6 Å². The first-order chi connectivity index (χ1) is 11.0. The molecule has 0 fully saturated rings. The molecule has 23 heavy (non-hydrogen) atoms. The molecule has 2 N–H and O–H groups in total. The van der Waals surface area contributed by atoms with Crippen LogP contribution in [0.25, 0.3) is 11.4 Å². The van der Waals surface area contributed by atoms with Crippen LogP contribution in [0.1, 0.15) is 16.2 Å². The van der Waals surface area contributed by atoms with Crippen LogP contribution in [0.4, 0.5) is 0 Å². The van der Waals surface area contributed by atoms with Crippen LogP contribution < -0.4 is 4.74 Å². The van der Waals surface area contributed by atoms with Crippen molar-refractivity contribution in [2.75, 3.05) is 0 Å². The number of aryl methyl sites for hydroxylation is 1. The molecule has 0 atom stereocenters. The minimum atomic E-state index is -1.31. The van der Waals surface area contributed by atoms with E-state index in [1.54, 1.807) is 42.5 Å². The zero-order valence-corrected chi connectivity index (χ0v) is 12.1. The molecule has 0 amide bonds. The Morgan fingerprint density at radius 1 is 1.17 bits per heavy atom. The first-order valence-electron chi connectivity index (χ1n) is 6.68. The molecule has 0 unspecified atom stereocenters. The fraction of sp³-hybridized carbons (Fsp3) is 0.0625. The molecule has 3 rings (SSSR count). The maximum absolute atomic E-state index is 10.8. The maximum Gasteiger partial charge on any atom is 0.394 e. The van der Waals surface area contributed by atoms with Crippen LogP contribution in [0.3, 0.4) is 0 Å². The van der Waals surface area contributed by atoms with Crippen molar-refractivity contribution in [2.45, 2.75) is 6.92 Å². The number of aromatic nitrogens is 2. The maximum atomic E-state index is 10.8. The van der Waals surface area contributed by atoms with Crippen LogP contribution in [-0.4, -0.2) is 26.3 Å². The molecule has 0 spiro atoms. The normalized spacial score (nSPS) is 10.5. The summed E-state index contributed by atoms with van der Waals surface area (Å²) in [6.45, 7) is 1.85. The first kappa shape index (κ1) is 14.6. The second kappa shape index (κ2) is 5.80. The lowest BCUT2D eigenvalue weighted by molar-refractivity contribution is 0.0643. The summed E-state index contributed by atoms with van der Waals surface area (Å²) in [6.07, 6.45) is 0. The molecule has 116 valence electrons. The molecule has 7 nitrogen and oxygen atoms in total. The highest BCUT2D eigenvalue weighted by atomic mass is 16.5. The van der Waals surface area contributed by atoms with Crippen molar-refractivity contribution >= 4 is 5.97 Å². The van der Waals surface area contributed by atoms with Gasteiger partial charge in [-0.15, -0.1) is 0 Å². The van der Waals surface area contributed by atoms with Crippen LogP contribution in [-0.2, 0) is 0 Å². The summed E-state index contributed by atoms with van der Waals surface area (Å²) in [5.74, 6) is -1.09. The van der Waals surface area contributed by atoms with Crippen molar-refractivity contribution in [1.82, 2.24) is 10.1 Å². The van der Waals surface area contributed by atoms with E-state index >= 15 is 0 Å². The van der Waals surface area contributed by atoms with E-state index in [-0.39, 0.29) is 17.3 Å². The van der Waals surface area contributed by atoms with Crippen LogP contribution in [0.2, 0.25) is 0 Å². The van der Waals surface area contributed by atoms with Crippen LogP contribution in [0.15, 0.2) is 47.0 Å². The second-order valence-electron chi connectivity index (χ2n) is 4.80. The molecule has 2 aromatic carbocycles. The Labute approximate surface area is 130 Å². The third kappa shape index (κ3) is 2.98. The number of hydrogen-bond acceptors (Lipinski definition) is 6. The van der Waals surface area contributed by atoms with Gasteiger partial charge < -0.3 is 19.5 Å². The minimum absolute atomic E-state index is 0.000796. The largest absolute Gasteiger partial charge is 0.504 e. The third-order valence-electron chi connectivity index (χ3n) is 3.07. The van der Waals surface area contributed by atoms with Crippen LogP contribution in [0, 0.1) is 6.92 Å². The standard InChI is InChI=1S/C16H12N2O5/c1-9-6-7-13(11(19)8-9)22-12-5-3-2-4-10(12)14-17-15(16(20)21)23-18-14/h2-8,19H,1H3,(H,20,21). The average Bonchev–Trinajstić information content (AvgIpc) is 3.00. The summed E-state index contributed by atoms with van der Waals surface area (Å²) in [5.41, 5.74) is 1.34. The lowest BCUT2D eigenvalue weighted by atomic mass is 10.2. The molecule has 0 aliphatic carbocycles. The smallest absolute Gasteiger partial charge is 0.394 e. The van der Waals surface area contributed by atoms with E-state index in [0.717, 1.165) is 5.56 Å². The topological polar surface area (TPSA) is 106 Å². The van der Waals surface area contributed by atoms with Gasteiger partial charge >= 0.3 is 11.9 Å². The number of aromatic hydroxyl groups is 1. The molecule has 0 aliphatic heterocycles. The van der Waals surface area contributed by atoms with Gasteiger partial charge in [-0.1, -0.05) is 23.4 Å². The SMILES string of the molecule is Cc1ccc(Oc2ccccc2-c2noc(C(=O)O)n2)c(O)c1. The number of benzene rings is 2. The zero-order valence-electron chi connectivity index (χ0n) is 12.1. The van der Waals surface area contributed by atoms with Gasteiger partial charge in [0, 0.05) is 0 Å². The van der Waals surface area contributed by atoms with Gasteiger partial charge in [0.2, 0.25) is 5.82 Å². The predicted molar refractivity (Wildman–Crippen MR) is 79.6 cm³/mol. The van der Waals surface area contributed by atoms with Crippen molar-refractivity contribution < 1.29 is 24.3 Å². The Bertz CT molecular complexity index is 872. The van der Waals surface area contributed by atoms with E-state index in [9.17, 15) is 9.90 Å². The molecule has 0 bridgehead atoms. The Morgan fingerprint density at radius 3 is 2.65 bits per heavy atom. The number of hydrogen-bond donors (Lipinski definition) is 2. The highest BCUT2D eigenvalue weighted by molar-refractivity contribution is 5.82. The number of phenols is 1. The fourth-order valence-electron chi connectivity index (χ4n) is 1.99. The number of rotatable bonds is 4. The average molecular weight is 312 g/mol. The van der Waals surface area contributed by atoms with E-state index in [0.29, 0.717) is 11.3 Å². The third-order valence-corrected chi connectivity index (χ3v) is 3.07. The Morgan fingerprint density at radius 2 is 1.96 bits per heavy atom. The molecule has 3 aromatic rings. The number of carbonyl (C=O) groups is 1. The number of carboxylic acids is 1. The Kier molecular flexibility index (Phi) is 3.68. The van der Waals surface area contributed by atoms with Crippen molar-refractivity contribution in [2.24, 2.45) is 0 Å². The van der Waals surface area contributed by atoms with Gasteiger partial charge in [-0.3, -0.25) is 0 Å². The summed E-state index contributed by atoms with van der Waals surface area (Å²) >= 11 is 0. The summed E-state index contributed by atoms with van der Waals surface area (Å²) in [6, 6.07) is 11.8. The highest BCUT2D eigenvalue weighted by Crippen LogP contribution is 2.36. The quantitative estimate of drug-likeness (QED) is 0.761. The predicted octanol–water partition coefficient (Wildman–Crippen LogP) is 3.24. The number of phenolic OH excluding ortho intramolecular Hbond substituents is 1. The Balaban J connectivity index is 1.98. The van der Waals surface area contributed by atoms with Crippen molar-refractivity contribution in [3.63, 3.8) is 0 Å². The molecule has 1 aromatic heterocycles. The molecular formula is C16H12N2O5. The Hall–Kier alpha value is -3.35. The van der Waals surface area contributed by atoms with Crippen molar-refractivity contribution in [3.05, 3.63) is 53.9 Å². The number of carboxylic acid groups (broad SMARTS) is 1. The molecule has 0 saturated carbocycles. The molecule has 7 heteroatoms. The number of aromatic carboxylic acids is 1. The number of nitrogens with zero attached hydrogens (tertiary/aromatic N) is 2. The first-order valence-corrected chi connectivity index (χ1v) is 6.68. The lowest BCUT2D eigenvalue weighted by Crippen LogP contribution is -1.96. The summed E-state index contributed by atoms with van der Waals surface area (Å²) in [7, 11) is 0. The summed E-state index contributed by atoms with van der Waals surface area (Å²) in [5, 5.41) is 22.4. The monoisotopic (exact) mass is 312 g/mol. The molecule has 0 aliphatic rings. The number of para-hydroxylation sites is 1. The van der Waals surface area contributed by atoms with Gasteiger partial charge in [-0.05, 0) is 36.8 Å². The van der Waals surface area contributed by atoms with E-state index in [4.69, 9.17) is 9.84 Å².